The number of ether oxygens (including phenoxy) is 1. The Morgan fingerprint density at radius 2 is 2.30 bits per heavy atom. The van der Waals surface area contributed by atoms with Crippen molar-refractivity contribution in [3.05, 3.63) is 17.0 Å². The minimum absolute atomic E-state index is 0.0251. The zero-order valence-corrected chi connectivity index (χ0v) is 12.6. The number of hydrogen-bond acceptors (Lipinski definition) is 4. The number of nitrogens with zero attached hydrogens (tertiary/aromatic N) is 2. The van der Waals surface area contributed by atoms with Crippen LogP contribution in [0.25, 0.3) is 0 Å². The first-order chi connectivity index (χ1) is 9.49. The largest absolute Gasteiger partial charge is 0.376 e. The zero-order valence-electron chi connectivity index (χ0n) is 12.6. The van der Waals surface area contributed by atoms with Crippen LogP contribution in [0.1, 0.15) is 36.8 Å². The maximum atomic E-state index is 12.2. The Balaban J connectivity index is 1.88. The molecular formula is C14H23N3O3. The molecule has 1 aliphatic heterocycles. The summed E-state index contributed by atoms with van der Waals surface area (Å²) in [6.07, 6.45) is 2.21. The minimum atomic E-state index is -0.104. The highest BCUT2D eigenvalue weighted by Crippen LogP contribution is 2.17. The fourth-order valence-electron chi connectivity index (χ4n) is 2.43. The lowest BCUT2D eigenvalue weighted by Crippen LogP contribution is -2.46. The number of aryl methyl sites for hydroxylation is 2. The quantitative estimate of drug-likeness (QED) is 0.916. The smallest absolute Gasteiger partial charge is 0.317 e. The molecule has 1 aromatic rings. The van der Waals surface area contributed by atoms with Gasteiger partial charge in [-0.25, -0.2) is 4.79 Å². The van der Waals surface area contributed by atoms with Crippen LogP contribution in [0.4, 0.5) is 4.79 Å². The van der Waals surface area contributed by atoms with Gasteiger partial charge in [0.2, 0.25) is 0 Å². The van der Waals surface area contributed by atoms with E-state index in [1.165, 1.54) is 0 Å². The first kappa shape index (κ1) is 14.8. The molecule has 0 aliphatic carbocycles. The number of carbonyl (C=O) groups excluding carboxylic acids is 1. The summed E-state index contributed by atoms with van der Waals surface area (Å²) in [6.45, 7) is 7.01. The lowest BCUT2D eigenvalue weighted by atomic mass is 10.1. The molecule has 2 heterocycles. The molecule has 112 valence electrons. The fraction of sp³-hybridized carbons (Fsp3) is 0.714. The van der Waals surface area contributed by atoms with Gasteiger partial charge in [-0.2, -0.15) is 0 Å². The number of aromatic nitrogens is 1. The Hall–Kier alpha value is -1.56. The van der Waals surface area contributed by atoms with E-state index in [4.69, 9.17) is 9.26 Å². The van der Waals surface area contributed by atoms with E-state index in [-0.39, 0.29) is 18.2 Å². The summed E-state index contributed by atoms with van der Waals surface area (Å²) in [5.41, 5.74) is 1.79. The van der Waals surface area contributed by atoms with Crippen molar-refractivity contribution < 1.29 is 14.1 Å². The van der Waals surface area contributed by atoms with Crippen LogP contribution in [0.3, 0.4) is 0 Å². The van der Waals surface area contributed by atoms with Crippen LogP contribution in [-0.2, 0) is 11.3 Å². The number of carbonyl (C=O) groups is 1. The molecule has 0 unspecified atom stereocenters. The van der Waals surface area contributed by atoms with Gasteiger partial charge in [-0.1, -0.05) is 5.16 Å². The van der Waals surface area contributed by atoms with E-state index in [0.29, 0.717) is 6.54 Å². The van der Waals surface area contributed by atoms with Gasteiger partial charge in [0.15, 0.2) is 0 Å². The molecule has 1 aliphatic rings. The predicted molar refractivity (Wildman–Crippen MR) is 74.4 cm³/mol. The van der Waals surface area contributed by atoms with Gasteiger partial charge in [0.05, 0.1) is 24.4 Å². The summed E-state index contributed by atoms with van der Waals surface area (Å²) in [5.74, 6) is 0.759. The molecule has 1 aromatic heterocycles. The maximum Gasteiger partial charge on any atom is 0.317 e. The molecule has 6 heteroatoms. The molecule has 2 amide bonds. The molecule has 1 N–H and O–H groups in total. The lowest BCUT2D eigenvalue weighted by Gasteiger charge is -2.24. The van der Waals surface area contributed by atoms with Crippen molar-refractivity contribution in [3.63, 3.8) is 0 Å². The summed E-state index contributed by atoms with van der Waals surface area (Å²) in [5, 5.41) is 6.88. The van der Waals surface area contributed by atoms with Crippen molar-refractivity contribution >= 4 is 6.03 Å². The van der Waals surface area contributed by atoms with E-state index in [9.17, 15) is 4.79 Å². The molecule has 20 heavy (non-hydrogen) atoms. The van der Waals surface area contributed by atoms with Crippen molar-refractivity contribution in [2.45, 2.75) is 52.3 Å². The normalized spacial score (nSPS) is 19.9. The number of rotatable bonds is 4. The minimum Gasteiger partial charge on any atom is -0.376 e. The molecule has 2 atom stereocenters. The van der Waals surface area contributed by atoms with Crippen molar-refractivity contribution in [2.75, 3.05) is 13.7 Å². The second-order valence-electron chi connectivity index (χ2n) is 5.45. The van der Waals surface area contributed by atoms with Crippen LogP contribution in [0.5, 0.6) is 0 Å². The van der Waals surface area contributed by atoms with E-state index in [2.05, 4.69) is 10.5 Å². The molecular weight excluding hydrogens is 258 g/mol. The molecule has 0 saturated carbocycles. The molecule has 1 fully saturated rings. The Bertz CT molecular complexity index is 447. The van der Waals surface area contributed by atoms with E-state index in [0.717, 1.165) is 36.5 Å². The third kappa shape index (κ3) is 3.30. The highest BCUT2D eigenvalue weighted by Gasteiger charge is 2.25. The summed E-state index contributed by atoms with van der Waals surface area (Å²) in [4.78, 5) is 13.8. The molecule has 0 spiro atoms. The second-order valence-corrected chi connectivity index (χ2v) is 5.45. The molecule has 0 aromatic carbocycles. The number of nitrogens with one attached hydrogen (secondary N) is 1. The third-order valence-electron chi connectivity index (χ3n) is 3.80. The van der Waals surface area contributed by atoms with Gasteiger partial charge in [-0.15, -0.1) is 0 Å². The zero-order chi connectivity index (χ0) is 14.7. The summed E-state index contributed by atoms with van der Waals surface area (Å²) in [6, 6.07) is -0.0786. The van der Waals surface area contributed by atoms with Crippen LogP contribution in [0.2, 0.25) is 0 Å². The topological polar surface area (TPSA) is 67.6 Å². The van der Waals surface area contributed by atoms with Gasteiger partial charge < -0.3 is 19.5 Å². The summed E-state index contributed by atoms with van der Waals surface area (Å²) < 4.78 is 10.7. The van der Waals surface area contributed by atoms with E-state index >= 15 is 0 Å². The average Bonchev–Trinajstić information content (AvgIpc) is 3.03. The van der Waals surface area contributed by atoms with Crippen molar-refractivity contribution in [2.24, 2.45) is 0 Å². The fourth-order valence-corrected chi connectivity index (χ4v) is 2.43. The van der Waals surface area contributed by atoms with Crippen LogP contribution in [-0.4, -0.2) is 41.9 Å². The van der Waals surface area contributed by atoms with Gasteiger partial charge in [0.1, 0.15) is 5.76 Å². The number of hydrogen-bond donors (Lipinski definition) is 1. The van der Waals surface area contributed by atoms with Gasteiger partial charge in [-0.3, -0.25) is 0 Å². The monoisotopic (exact) mass is 281 g/mol. The molecule has 6 nitrogen and oxygen atoms in total. The van der Waals surface area contributed by atoms with Crippen molar-refractivity contribution in [1.82, 2.24) is 15.4 Å². The molecule has 0 radical (unpaired) electrons. The Morgan fingerprint density at radius 1 is 1.55 bits per heavy atom. The van der Waals surface area contributed by atoms with E-state index in [1.54, 1.807) is 11.9 Å². The predicted octanol–water partition coefficient (Wildman–Crippen LogP) is 2.00. The van der Waals surface area contributed by atoms with Crippen LogP contribution < -0.4 is 5.32 Å². The molecule has 0 bridgehead atoms. The number of amides is 2. The first-order valence-electron chi connectivity index (χ1n) is 7.04. The highest BCUT2D eigenvalue weighted by atomic mass is 16.5. The van der Waals surface area contributed by atoms with E-state index < -0.39 is 0 Å². The van der Waals surface area contributed by atoms with Gasteiger partial charge in [0.25, 0.3) is 0 Å². The van der Waals surface area contributed by atoms with E-state index in [1.807, 2.05) is 20.8 Å². The summed E-state index contributed by atoms with van der Waals surface area (Å²) >= 11 is 0. The first-order valence-corrected chi connectivity index (χ1v) is 7.04. The van der Waals surface area contributed by atoms with Crippen LogP contribution in [0.15, 0.2) is 4.52 Å². The van der Waals surface area contributed by atoms with Crippen LogP contribution in [0, 0.1) is 13.8 Å². The van der Waals surface area contributed by atoms with Crippen molar-refractivity contribution in [3.8, 4) is 0 Å². The SMILES string of the molecule is Cc1noc(C)c1CN(C)C(=O)N[C@H](C)[C@@H]1CCCO1. The number of urea groups is 1. The van der Waals surface area contributed by atoms with Crippen LogP contribution >= 0.6 is 0 Å². The van der Waals surface area contributed by atoms with Gasteiger partial charge in [-0.05, 0) is 33.6 Å². The van der Waals surface area contributed by atoms with Gasteiger partial charge >= 0.3 is 6.03 Å². The average molecular weight is 281 g/mol. The Kier molecular flexibility index (Phi) is 4.65. The standard InChI is InChI=1S/C14H23N3O3/c1-9-12(11(3)20-16-9)8-17(4)14(18)15-10(2)13-6-5-7-19-13/h10,13H,5-8H2,1-4H3,(H,15,18)/t10-,13+/m1/s1. The highest BCUT2D eigenvalue weighted by molar-refractivity contribution is 5.74. The lowest BCUT2D eigenvalue weighted by molar-refractivity contribution is 0.0838. The molecule has 2 rings (SSSR count). The summed E-state index contributed by atoms with van der Waals surface area (Å²) in [7, 11) is 1.77. The van der Waals surface area contributed by atoms with Gasteiger partial charge in [0, 0.05) is 19.2 Å². The third-order valence-corrected chi connectivity index (χ3v) is 3.80. The Morgan fingerprint density at radius 3 is 2.85 bits per heavy atom. The maximum absolute atomic E-state index is 12.2. The second kappa shape index (κ2) is 6.26. The van der Waals surface area contributed by atoms with Crippen molar-refractivity contribution in [1.29, 1.82) is 0 Å². The molecule has 1 saturated heterocycles. The Labute approximate surface area is 119 Å².